The van der Waals surface area contributed by atoms with Crippen LogP contribution in [-0.2, 0) is 14.4 Å². The van der Waals surface area contributed by atoms with E-state index in [1.807, 2.05) is 6.07 Å². The van der Waals surface area contributed by atoms with Crippen molar-refractivity contribution in [3.05, 3.63) is 60.4 Å². The monoisotopic (exact) mass is 359 g/mol. The molecule has 2 aromatic carbocycles. The Morgan fingerprint density at radius 1 is 1.12 bits per heavy atom. The summed E-state index contributed by atoms with van der Waals surface area (Å²) >= 11 is 0. The highest BCUT2D eigenvalue weighted by Crippen LogP contribution is 2.12. The first-order valence-electron chi connectivity index (χ1n) is 7.63. The lowest BCUT2D eigenvalue weighted by Gasteiger charge is -2.18. The molecule has 2 aromatic rings. The van der Waals surface area contributed by atoms with Crippen LogP contribution in [0.3, 0.4) is 0 Å². The number of hydrogen-bond donors (Lipinski definition) is 1. The normalized spacial score (nSPS) is 10.8. The number of amides is 2. The number of anilines is 2. The van der Waals surface area contributed by atoms with E-state index >= 15 is 0 Å². The van der Waals surface area contributed by atoms with Gasteiger partial charge in [0.1, 0.15) is 19.5 Å². The number of carbonyl (C=O) groups excluding carboxylic acids is 2. The van der Waals surface area contributed by atoms with Gasteiger partial charge in [-0.25, -0.2) is 9.18 Å². The number of benzene rings is 2. The molecule has 136 valence electrons. The largest absolute Gasteiger partial charge is 0.442 e. The lowest BCUT2D eigenvalue weighted by Crippen LogP contribution is -2.36. The fraction of sp³-hybridized carbons (Fsp3) is 0.167. The minimum atomic E-state index is -0.810. The molecule has 7 nitrogen and oxygen atoms in total. The van der Waals surface area contributed by atoms with Crippen LogP contribution in [-0.4, -0.2) is 38.5 Å². The highest BCUT2D eigenvalue weighted by molar-refractivity contribution is 6.44. The molecule has 0 aliphatic carbocycles. The third-order valence-electron chi connectivity index (χ3n) is 3.33. The number of hydrogen-bond acceptors (Lipinski definition) is 5. The first-order chi connectivity index (χ1) is 12.5. The minimum Gasteiger partial charge on any atom is -0.442 e. The van der Waals surface area contributed by atoms with Crippen molar-refractivity contribution >= 4 is 29.1 Å². The molecule has 1 N–H and O–H groups in total. The number of rotatable bonds is 6. The zero-order valence-electron chi connectivity index (χ0n) is 14.3. The molecule has 0 fully saturated rings. The van der Waals surface area contributed by atoms with Gasteiger partial charge in [0.05, 0.1) is 0 Å². The third-order valence-corrected chi connectivity index (χ3v) is 3.33. The smallest absolute Gasteiger partial charge is 0.412 e. The molecule has 0 unspecified atom stereocenters. The maximum atomic E-state index is 12.9. The fourth-order valence-electron chi connectivity index (χ4n) is 2.02. The SMILES string of the molecule is CON=C(COC(=O)Nc1ccc(F)cc1)C(=O)N(C)c1ccccc1. The predicted octanol–water partition coefficient (Wildman–Crippen LogP) is 3.04. The van der Waals surface area contributed by atoms with Crippen LogP contribution in [0.1, 0.15) is 0 Å². The van der Waals surface area contributed by atoms with Gasteiger partial charge in [-0.05, 0) is 36.4 Å². The topological polar surface area (TPSA) is 80.2 Å². The molecule has 2 amide bonds. The van der Waals surface area contributed by atoms with Crippen LogP contribution < -0.4 is 10.2 Å². The molecule has 0 heterocycles. The van der Waals surface area contributed by atoms with E-state index in [4.69, 9.17) is 4.74 Å². The molecule has 0 spiro atoms. The second-order valence-corrected chi connectivity index (χ2v) is 5.13. The lowest BCUT2D eigenvalue weighted by molar-refractivity contribution is -0.112. The molecule has 26 heavy (non-hydrogen) atoms. The Kier molecular flexibility index (Phi) is 6.67. The molecular weight excluding hydrogens is 341 g/mol. The van der Waals surface area contributed by atoms with Crippen LogP contribution >= 0.6 is 0 Å². The molecule has 0 aromatic heterocycles. The van der Waals surface area contributed by atoms with Gasteiger partial charge >= 0.3 is 6.09 Å². The molecule has 0 radical (unpaired) electrons. The lowest BCUT2D eigenvalue weighted by atomic mass is 10.2. The van der Waals surface area contributed by atoms with Gasteiger partial charge in [-0.15, -0.1) is 0 Å². The third kappa shape index (κ3) is 5.30. The number of nitrogens with one attached hydrogen (secondary N) is 1. The summed E-state index contributed by atoms with van der Waals surface area (Å²) in [5.41, 5.74) is 0.916. The minimum absolute atomic E-state index is 0.0897. The van der Waals surface area contributed by atoms with Gasteiger partial charge in [0.2, 0.25) is 0 Å². The molecule has 0 aliphatic rings. The zero-order valence-corrected chi connectivity index (χ0v) is 14.3. The van der Waals surface area contributed by atoms with Crippen LogP contribution in [0.15, 0.2) is 59.8 Å². The summed E-state index contributed by atoms with van der Waals surface area (Å²) in [6.45, 7) is -0.392. The van der Waals surface area contributed by atoms with Gasteiger partial charge in [-0.3, -0.25) is 10.1 Å². The van der Waals surface area contributed by atoms with E-state index in [0.29, 0.717) is 11.4 Å². The number of nitrogens with zero attached hydrogens (tertiary/aromatic N) is 2. The standard InChI is InChI=1S/C18H18FN3O4/c1-22(15-6-4-3-5-7-15)17(23)16(21-25-2)12-26-18(24)20-14-10-8-13(19)9-11-14/h3-11H,12H2,1-2H3,(H,20,24). The Morgan fingerprint density at radius 2 is 1.77 bits per heavy atom. The van der Waals surface area contributed by atoms with Crippen LogP contribution in [0.2, 0.25) is 0 Å². The number of para-hydroxylation sites is 1. The van der Waals surface area contributed by atoms with Gasteiger partial charge in [0.15, 0.2) is 5.71 Å². The Hall–Kier alpha value is -3.42. The van der Waals surface area contributed by atoms with Gasteiger partial charge < -0.3 is 14.5 Å². The van der Waals surface area contributed by atoms with Crippen LogP contribution in [0.5, 0.6) is 0 Å². The zero-order chi connectivity index (χ0) is 18.9. The van der Waals surface area contributed by atoms with Gasteiger partial charge in [0.25, 0.3) is 5.91 Å². The van der Waals surface area contributed by atoms with Crippen molar-refractivity contribution in [2.45, 2.75) is 0 Å². The molecule has 0 saturated carbocycles. The highest BCUT2D eigenvalue weighted by atomic mass is 19.1. The number of oxime groups is 1. The molecular formula is C18H18FN3O4. The summed E-state index contributed by atoms with van der Waals surface area (Å²) in [4.78, 5) is 30.3. The summed E-state index contributed by atoms with van der Waals surface area (Å²) < 4.78 is 17.8. The summed E-state index contributed by atoms with van der Waals surface area (Å²) in [5.74, 6) is -0.902. The second-order valence-electron chi connectivity index (χ2n) is 5.13. The van der Waals surface area contributed by atoms with E-state index in [9.17, 15) is 14.0 Å². The van der Waals surface area contributed by atoms with E-state index in [1.165, 1.54) is 36.3 Å². The fourth-order valence-corrected chi connectivity index (χ4v) is 2.02. The van der Waals surface area contributed by atoms with Crippen molar-refractivity contribution in [1.29, 1.82) is 0 Å². The van der Waals surface area contributed by atoms with Crippen molar-refractivity contribution in [1.82, 2.24) is 0 Å². The van der Waals surface area contributed by atoms with Crippen molar-refractivity contribution in [2.24, 2.45) is 5.16 Å². The predicted molar refractivity (Wildman–Crippen MR) is 95.7 cm³/mol. The summed E-state index contributed by atoms with van der Waals surface area (Å²) in [6.07, 6.45) is -0.810. The molecule has 0 bridgehead atoms. The summed E-state index contributed by atoms with van der Waals surface area (Å²) in [5, 5.41) is 6.05. The second kappa shape index (κ2) is 9.16. The number of carbonyl (C=O) groups is 2. The molecule has 8 heteroatoms. The molecule has 0 aliphatic heterocycles. The average Bonchev–Trinajstić information content (AvgIpc) is 2.66. The maximum absolute atomic E-state index is 12.9. The first-order valence-corrected chi connectivity index (χ1v) is 7.63. The summed E-state index contributed by atoms with van der Waals surface area (Å²) in [6, 6.07) is 14.1. The maximum Gasteiger partial charge on any atom is 0.412 e. The van der Waals surface area contributed by atoms with E-state index in [2.05, 4.69) is 15.3 Å². The van der Waals surface area contributed by atoms with Crippen LogP contribution in [0, 0.1) is 5.82 Å². The van der Waals surface area contributed by atoms with Crippen molar-refractivity contribution in [2.75, 3.05) is 31.0 Å². The molecule has 0 saturated heterocycles. The van der Waals surface area contributed by atoms with E-state index in [0.717, 1.165) is 0 Å². The number of ether oxygens (including phenoxy) is 1. The summed E-state index contributed by atoms with van der Waals surface area (Å²) in [7, 11) is 2.86. The van der Waals surface area contributed by atoms with Crippen LogP contribution in [0.25, 0.3) is 0 Å². The van der Waals surface area contributed by atoms with Crippen molar-refractivity contribution < 1.29 is 23.6 Å². The van der Waals surface area contributed by atoms with Crippen molar-refractivity contribution in [3.63, 3.8) is 0 Å². The molecule has 2 rings (SSSR count). The Balaban J connectivity index is 1.97. The van der Waals surface area contributed by atoms with Gasteiger partial charge in [-0.1, -0.05) is 23.4 Å². The Morgan fingerprint density at radius 3 is 2.38 bits per heavy atom. The quantitative estimate of drug-likeness (QED) is 0.635. The van der Waals surface area contributed by atoms with E-state index < -0.39 is 24.4 Å². The van der Waals surface area contributed by atoms with Crippen LogP contribution in [0.4, 0.5) is 20.6 Å². The Bertz CT molecular complexity index is 779. The van der Waals surface area contributed by atoms with E-state index in [1.54, 1.807) is 31.3 Å². The highest BCUT2D eigenvalue weighted by Gasteiger charge is 2.20. The van der Waals surface area contributed by atoms with E-state index in [-0.39, 0.29) is 5.71 Å². The Labute approximate surface area is 150 Å². The van der Waals surface area contributed by atoms with Gasteiger partial charge in [-0.2, -0.15) is 0 Å². The average molecular weight is 359 g/mol. The van der Waals surface area contributed by atoms with Crippen molar-refractivity contribution in [3.8, 4) is 0 Å². The van der Waals surface area contributed by atoms with Gasteiger partial charge in [0, 0.05) is 18.4 Å². The first kappa shape index (κ1) is 18.9. The number of halogens is 1. The molecule has 0 atom stereocenters.